The van der Waals surface area contributed by atoms with Gasteiger partial charge in [0.2, 0.25) is 0 Å². The van der Waals surface area contributed by atoms with Crippen molar-refractivity contribution in [2.24, 2.45) is 5.41 Å². The van der Waals surface area contributed by atoms with Gasteiger partial charge in [-0.3, -0.25) is 9.78 Å². The summed E-state index contributed by atoms with van der Waals surface area (Å²) in [5.74, 6) is 0.235. The summed E-state index contributed by atoms with van der Waals surface area (Å²) >= 11 is 0. The highest BCUT2D eigenvalue weighted by molar-refractivity contribution is 5.85. The zero-order valence-electron chi connectivity index (χ0n) is 9.29. The first-order chi connectivity index (χ1) is 6.41. The van der Waals surface area contributed by atoms with Gasteiger partial charge in [0.15, 0.2) is 0 Å². The molecule has 1 rings (SSSR count). The lowest BCUT2D eigenvalue weighted by Gasteiger charge is -2.16. The van der Waals surface area contributed by atoms with Crippen molar-refractivity contribution < 1.29 is 4.79 Å². The van der Waals surface area contributed by atoms with Crippen molar-refractivity contribution in [2.75, 3.05) is 0 Å². The molecule has 76 valence electrons. The summed E-state index contributed by atoms with van der Waals surface area (Å²) in [6.45, 7) is 7.80. The SMILES string of the molecule is Cc1cccnc1CC(=O)C(C)(C)C. The van der Waals surface area contributed by atoms with Gasteiger partial charge in [0.05, 0.1) is 5.69 Å². The molecular weight excluding hydrogens is 174 g/mol. The van der Waals surface area contributed by atoms with Gasteiger partial charge in [-0.25, -0.2) is 0 Å². The van der Waals surface area contributed by atoms with E-state index in [1.165, 1.54) is 0 Å². The minimum Gasteiger partial charge on any atom is -0.299 e. The monoisotopic (exact) mass is 191 g/mol. The van der Waals surface area contributed by atoms with Gasteiger partial charge in [-0.15, -0.1) is 0 Å². The second-order valence-corrected chi connectivity index (χ2v) is 4.62. The first kappa shape index (κ1) is 10.9. The molecule has 1 aromatic rings. The van der Waals surface area contributed by atoms with Gasteiger partial charge < -0.3 is 0 Å². The van der Waals surface area contributed by atoms with Crippen LogP contribution in [0.25, 0.3) is 0 Å². The first-order valence-corrected chi connectivity index (χ1v) is 4.85. The Hall–Kier alpha value is -1.18. The zero-order valence-corrected chi connectivity index (χ0v) is 9.29. The molecule has 0 aliphatic carbocycles. The smallest absolute Gasteiger partial charge is 0.144 e. The van der Waals surface area contributed by atoms with Gasteiger partial charge in [-0.05, 0) is 18.6 Å². The predicted molar refractivity (Wildman–Crippen MR) is 57.1 cm³/mol. The molecule has 14 heavy (non-hydrogen) atoms. The standard InChI is InChI=1S/C12H17NO/c1-9-6-5-7-13-10(9)8-11(14)12(2,3)4/h5-7H,8H2,1-4H3. The average molecular weight is 191 g/mol. The van der Waals surface area contributed by atoms with E-state index in [-0.39, 0.29) is 11.2 Å². The maximum atomic E-state index is 11.7. The summed E-state index contributed by atoms with van der Waals surface area (Å²) in [5, 5.41) is 0. The topological polar surface area (TPSA) is 30.0 Å². The molecule has 0 spiro atoms. The van der Waals surface area contributed by atoms with Gasteiger partial charge in [0.25, 0.3) is 0 Å². The number of aromatic nitrogens is 1. The molecule has 0 aliphatic rings. The van der Waals surface area contributed by atoms with Gasteiger partial charge >= 0.3 is 0 Å². The Balaban J connectivity index is 2.80. The highest BCUT2D eigenvalue weighted by Gasteiger charge is 2.21. The van der Waals surface area contributed by atoms with Crippen LogP contribution in [0.2, 0.25) is 0 Å². The second kappa shape index (κ2) is 3.91. The zero-order chi connectivity index (χ0) is 10.8. The molecular formula is C12H17NO. The van der Waals surface area contributed by atoms with Gasteiger partial charge in [0, 0.05) is 18.0 Å². The Morgan fingerprint density at radius 1 is 1.43 bits per heavy atom. The van der Waals surface area contributed by atoms with E-state index in [1.807, 2.05) is 39.8 Å². The lowest BCUT2D eigenvalue weighted by molar-refractivity contribution is -0.125. The molecule has 0 bridgehead atoms. The van der Waals surface area contributed by atoms with Crippen LogP contribution in [-0.4, -0.2) is 10.8 Å². The summed E-state index contributed by atoms with van der Waals surface area (Å²) in [7, 11) is 0. The minimum absolute atomic E-state index is 0.235. The molecule has 0 aliphatic heterocycles. The lowest BCUT2D eigenvalue weighted by atomic mass is 9.87. The van der Waals surface area contributed by atoms with E-state index in [2.05, 4.69) is 4.98 Å². The number of rotatable bonds is 2. The van der Waals surface area contributed by atoms with Crippen LogP contribution in [0.5, 0.6) is 0 Å². The summed E-state index contributed by atoms with van der Waals surface area (Å²) < 4.78 is 0. The highest BCUT2D eigenvalue weighted by atomic mass is 16.1. The van der Waals surface area contributed by atoms with Crippen LogP contribution < -0.4 is 0 Å². The maximum absolute atomic E-state index is 11.7. The van der Waals surface area contributed by atoms with Crippen LogP contribution >= 0.6 is 0 Å². The van der Waals surface area contributed by atoms with Crippen LogP contribution in [-0.2, 0) is 11.2 Å². The number of aryl methyl sites for hydroxylation is 1. The van der Waals surface area contributed by atoms with Crippen molar-refractivity contribution >= 4 is 5.78 Å². The van der Waals surface area contributed by atoms with E-state index in [9.17, 15) is 4.79 Å². The number of carbonyl (C=O) groups is 1. The Bertz CT molecular complexity index is 336. The Kier molecular flexibility index (Phi) is 3.04. The van der Waals surface area contributed by atoms with E-state index in [0.29, 0.717) is 6.42 Å². The summed E-state index contributed by atoms with van der Waals surface area (Å²) in [5.41, 5.74) is 1.71. The van der Waals surface area contributed by atoms with Crippen molar-refractivity contribution in [2.45, 2.75) is 34.1 Å². The van der Waals surface area contributed by atoms with E-state index >= 15 is 0 Å². The third kappa shape index (κ3) is 2.66. The van der Waals surface area contributed by atoms with E-state index in [1.54, 1.807) is 6.20 Å². The predicted octanol–water partition coefficient (Wildman–Crippen LogP) is 2.55. The third-order valence-corrected chi connectivity index (χ3v) is 2.28. The number of pyridine rings is 1. The number of Topliss-reactive ketones (excluding diaryl/α,β-unsaturated/α-hetero) is 1. The number of hydrogen-bond acceptors (Lipinski definition) is 2. The van der Waals surface area contributed by atoms with Crippen LogP contribution in [0.4, 0.5) is 0 Å². The molecule has 0 amide bonds. The van der Waals surface area contributed by atoms with Gasteiger partial charge in [-0.2, -0.15) is 0 Å². The van der Waals surface area contributed by atoms with Crippen LogP contribution in [0, 0.1) is 12.3 Å². The molecule has 0 saturated heterocycles. The van der Waals surface area contributed by atoms with E-state index in [0.717, 1.165) is 11.3 Å². The average Bonchev–Trinajstić information content (AvgIpc) is 2.07. The third-order valence-electron chi connectivity index (χ3n) is 2.28. The van der Waals surface area contributed by atoms with Crippen LogP contribution in [0.15, 0.2) is 18.3 Å². The van der Waals surface area contributed by atoms with Gasteiger partial charge in [0.1, 0.15) is 5.78 Å². The molecule has 0 atom stereocenters. The maximum Gasteiger partial charge on any atom is 0.144 e. The largest absolute Gasteiger partial charge is 0.299 e. The lowest BCUT2D eigenvalue weighted by Crippen LogP contribution is -2.22. The molecule has 0 saturated carbocycles. The first-order valence-electron chi connectivity index (χ1n) is 4.85. The summed E-state index contributed by atoms with van der Waals surface area (Å²) in [4.78, 5) is 16.0. The molecule has 0 unspecified atom stereocenters. The second-order valence-electron chi connectivity index (χ2n) is 4.62. The summed E-state index contributed by atoms with van der Waals surface area (Å²) in [6.07, 6.45) is 2.18. The normalized spacial score (nSPS) is 11.4. The molecule has 0 N–H and O–H groups in total. The fourth-order valence-electron chi connectivity index (χ4n) is 1.12. The quantitative estimate of drug-likeness (QED) is 0.719. The molecule has 1 heterocycles. The van der Waals surface area contributed by atoms with Crippen LogP contribution in [0.3, 0.4) is 0 Å². The number of ketones is 1. The Labute approximate surface area is 85.4 Å². The van der Waals surface area contributed by atoms with Crippen molar-refractivity contribution in [3.63, 3.8) is 0 Å². The van der Waals surface area contributed by atoms with E-state index < -0.39 is 0 Å². The number of hydrogen-bond donors (Lipinski definition) is 0. The van der Waals surface area contributed by atoms with E-state index in [4.69, 9.17) is 0 Å². The summed E-state index contributed by atoms with van der Waals surface area (Å²) in [6, 6.07) is 3.87. The minimum atomic E-state index is -0.274. The fourth-order valence-corrected chi connectivity index (χ4v) is 1.12. The fraction of sp³-hybridized carbons (Fsp3) is 0.500. The van der Waals surface area contributed by atoms with Crippen molar-refractivity contribution in [3.05, 3.63) is 29.6 Å². The Morgan fingerprint density at radius 2 is 2.07 bits per heavy atom. The van der Waals surface area contributed by atoms with Gasteiger partial charge in [-0.1, -0.05) is 26.8 Å². The molecule has 1 aromatic heterocycles. The van der Waals surface area contributed by atoms with Crippen molar-refractivity contribution in [3.8, 4) is 0 Å². The molecule has 0 fully saturated rings. The molecule has 0 aromatic carbocycles. The number of nitrogens with zero attached hydrogens (tertiary/aromatic N) is 1. The van der Waals surface area contributed by atoms with Crippen LogP contribution in [0.1, 0.15) is 32.0 Å². The van der Waals surface area contributed by atoms with Crippen molar-refractivity contribution in [1.29, 1.82) is 0 Å². The molecule has 2 nitrogen and oxygen atoms in total. The molecule has 2 heteroatoms. The van der Waals surface area contributed by atoms with Crippen molar-refractivity contribution in [1.82, 2.24) is 4.98 Å². The highest BCUT2D eigenvalue weighted by Crippen LogP contribution is 2.18. The molecule has 0 radical (unpaired) electrons. The Morgan fingerprint density at radius 3 is 2.57 bits per heavy atom. The number of carbonyl (C=O) groups excluding carboxylic acids is 1.